The van der Waals surface area contributed by atoms with Crippen molar-refractivity contribution >= 4 is 22.3 Å². The Kier molecular flexibility index (Phi) is 18.1. The van der Waals surface area contributed by atoms with Crippen molar-refractivity contribution < 1.29 is 85.8 Å². The van der Waals surface area contributed by atoms with Crippen LogP contribution in [0, 0.1) is 11.6 Å². The molecule has 0 aliphatic carbocycles. The zero-order valence-corrected chi connectivity index (χ0v) is 19.4. The zero-order valence-electron chi connectivity index (χ0n) is 14.6. The van der Waals surface area contributed by atoms with E-state index in [9.17, 15) is 26.0 Å². The van der Waals surface area contributed by atoms with Gasteiger partial charge in [0.1, 0.15) is 28.7 Å². The molecular formula is C16H14F4KNO4S2. The number of rotatable bonds is 6. The average molecular weight is 464 g/mol. The smallest absolute Gasteiger partial charge is 0.414 e. The molecule has 0 aromatic heterocycles. The van der Waals surface area contributed by atoms with Gasteiger partial charge in [0, 0.05) is 0 Å². The first-order chi connectivity index (χ1) is 12.8. The Hall–Kier alpha value is -0.704. The molecule has 0 spiro atoms. The number of halogens is 4. The second-order valence-corrected chi connectivity index (χ2v) is 5.77. The summed E-state index contributed by atoms with van der Waals surface area (Å²) in [7, 11) is 0. The van der Waals surface area contributed by atoms with Crippen LogP contribution in [0.3, 0.4) is 0 Å². The summed E-state index contributed by atoms with van der Waals surface area (Å²) in [6.45, 7) is 8.22. The molecule has 0 bridgehead atoms. The normalized spacial score (nSPS) is 11.3. The molecule has 2 aromatic rings. The maximum atomic E-state index is 12.7. The molecule has 0 N–H and O–H groups in total. The second kappa shape index (κ2) is 17.2. The monoisotopic (exact) mass is 463 g/mol. The van der Waals surface area contributed by atoms with Gasteiger partial charge in [0.05, 0.1) is 4.90 Å². The molecule has 148 valence electrons. The van der Waals surface area contributed by atoms with E-state index in [2.05, 4.69) is 28.9 Å². The topological polar surface area (TPSA) is 66.7 Å². The summed E-state index contributed by atoms with van der Waals surface area (Å²) < 4.78 is 77.9. The van der Waals surface area contributed by atoms with Gasteiger partial charge in [0.25, 0.3) is 6.08 Å². The van der Waals surface area contributed by atoms with E-state index >= 15 is 0 Å². The first kappa shape index (κ1) is 29.5. The molecule has 5 nitrogen and oxygen atoms in total. The van der Waals surface area contributed by atoms with E-state index in [1.54, 1.807) is 0 Å². The van der Waals surface area contributed by atoms with Gasteiger partial charge in [-0.2, -0.15) is 8.78 Å². The van der Waals surface area contributed by atoms with Crippen molar-refractivity contribution in [3.05, 3.63) is 90.9 Å². The van der Waals surface area contributed by atoms with E-state index < -0.39 is 40.1 Å². The quantitative estimate of drug-likeness (QED) is 0.285. The summed E-state index contributed by atoms with van der Waals surface area (Å²) in [6, 6.07) is 9.41. The average Bonchev–Trinajstić information content (AvgIpc) is 2.63. The number of hydrogen-bond acceptors (Lipinski definition) is 4. The Morgan fingerprint density at radius 3 is 1.71 bits per heavy atom. The molecule has 2 atom stereocenters. The van der Waals surface area contributed by atoms with E-state index in [-0.39, 0.29) is 62.0 Å². The Morgan fingerprint density at radius 1 is 0.893 bits per heavy atom. The fourth-order valence-corrected chi connectivity index (χ4v) is 2.40. The summed E-state index contributed by atoms with van der Waals surface area (Å²) >= 11 is -4.30. The van der Waals surface area contributed by atoms with Crippen molar-refractivity contribution in [1.29, 1.82) is 0 Å². The molecule has 28 heavy (non-hydrogen) atoms. The van der Waals surface area contributed by atoms with Crippen molar-refractivity contribution in [1.82, 2.24) is 0 Å². The molecule has 0 saturated carbocycles. The number of hydrogen-bond donors (Lipinski definition) is 0. The minimum absolute atomic E-state index is 0. The molecule has 12 heteroatoms. The maximum Gasteiger partial charge on any atom is 1.00 e. The molecule has 0 saturated heterocycles. The molecule has 0 fully saturated rings. The summed E-state index contributed by atoms with van der Waals surface area (Å²) in [5.41, 5.74) is 0. The fourth-order valence-electron chi connectivity index (χ4n) is 1.23. The third kappa shape index (κ3) is 14.3. The zero-order chi connectivity index (χ0) is 20.8. The second-order valence-electron chi connectivity index (χ2n) is 3.93. The Labute approximate surface area is 207 Å². The Morgan fingerprint density at radius 2 is 1.29 bits per heavy atom. The molecule has 0 aliphatic heterocycles. The molecule has 0 amide bonds. The van der Waals surface area contributed by atoms with Crippen LogP contribution < -0.4 is 55.6 Å². The van der Waals surface area contributed by atoms with Crippen LogP contribution in [0.1, 0.15) is 0 Å². The number of benzene rings is 2. The molecule has 2 rings (SSSR count). The standard InChI is InChI=1S/C12H8F2NO4S2.C2H2F2.C2H4.K/c13-9-1-5-11(6-2-9)18-21(17)15-19-20(16)12-7-3-10(14)4-8-12;1-2(3)4;1-2;/h1-8H;1H2;1-2H2;/q-1;;;+1. The third-order valence-corrected chi connectivity index (χ3v) is 3.64. The van der Waals surface area contributed by atoms with Crippen molar-refractivity contribution in [2.45, 2.75) is 4.90 Å². The minimum Gasteiger partial charge on any atom is -0.414 e. The van der Waals surface area contributed by atoms with Crippen molar-refractivity contribution in [3.63, 3.8) is 0 Å². The first-order valence-electron chi connectivity index (χ1n) is 6.69. The molecule has 2 unspecified atom stereocenters. The third-order valence-electron chi connectivity index (χ3n) is 2.15. The predicted octanol–water partition coefficient (Wildman–Crippen LogP) is 2.15. The molecule has 2 aromatic carbocycles. The fraction of sp³-hybridized carbons (Fsp3) is 0. The van der Waals surface area contributed by atoms with Gasteiger partial charge in [-0.05, 0) is 55.1 Å². The van der Waals surface area contributed by atoms with E-state index in [1.807, 2.05) is 0 Å². The summed E-state index contributed by atoms with van der Waals surface area (Å²) in [5.74, 6) is -0.857. The maximum absolute atomic E-state index is 12.7. The molecule has 0 heterocycles. The van der Waals surface area contributed by atoms with Crippen molar-refractivity contribution in [2.75, 3.05) is 0 Å². The van der Waals surface area contributed by atoms with Crippen LogP contribution in [0.2, 0.25) is 0 Å². The van der Waals surface area contributed by atoms with Gasteiger partial charge >= 0.3 is 51.4 Å². The molecule has 0 aliphatic rings. The minimum atomic E-state index is -2.26. The molecular weight excluding hydrogens is 449 g/mol. The van der Waals surface area contributed by atoms with Gasteiger partial charge in [-0.15, -0.1) is 13.2 Å². The van der Waals surface area contributed by atoms with E-state index in [4.69, 9.17) is 4.18 Å². The van der Waals surface area contributed by atoms with Crippen LogP contribution >= 0.6 is 0 Å². The van der Waals surface area contributed by atoms with Gasteiger partial charge in [-0.3, -0.25) is 0 Å². The van der Waals surface area contributed by atoms with E-state index in [1.165, 1.54) is 24.3 Å². The van der Waals surface area contributed by atoms with Crippen molar-refractivity contribution in [3.8, 4) is 5.75 Å². The van der Waals surface area contributed by atoms with Crippen LogP contribution in [0.5, 0.6) is 5.75 Å². The van der Waals surface area contributed by atoms with Crippen molar-refractivity contribution in [2.24, 2.45) is 0 Å². The van der Waals surface area contributed by atoms with Gasteiger partial charge in [-0.1, -0.05) is 0 Å². The van der Waals surface area contributed by atoms with Gasteiger partial charge in [0.2, 0.25) is 0 Å². The summed E-state index contributed by atoms with van der Waals surface area (Å²) in [5, 5.41) is 0. The predicted molar refractivity (Wildman–Crippen MR) is 95.0 cm³/mol. The van der Waals surface area contributed by atoms with E-state index in [0.29, 0.717) is 0 Å². The molecule has 0 radical (unpaired) electrons. The summed E-state index contributed by atoms with van der Waals surface area (Å²) in [6.07, 6.45) is -1.83. The van der Waals surface area contributed by atoms with Crippen LogP contribution in [-0.4, -0.2) is 8.42 Å². The Bertz CT molecular complexity index is 760. The Balaban J connectivity index is 0. The summed E-state index contributed by atoms with van der Waals surface area (Å²) in [4.78, 5) is 3.25. The van der Waals surface area contributed by atoms with Crippen LogP contribution in [0.15, 0.2) is 79.2 Å². The number of nitrogens with zero attached hydrogens (tertiary/aromatic N) is 1. The van der Waals surface area contributed by atoms with Gasteiger partial charge < -0.3 is 13.4 Å². The van der Waals surface area contributed by atoms with Gasteiger partial charge in [0.15, 0.2) is 11.1 Å². The van der Waals surface area contributed by atoms with Crippen LogP contribution in [0.4, 0.5) is 17.6 Å². The van der Waals surface area contributed by atoms with Gasteiger partial charge in [-0.25, -0.2) is 17.2 Å². The SMILES string of the molecule is C=C.C=C(F)F.O=S([N-]OS(=O)c1ccc(F)cc1)Oc1ccc(F)cc1.[K+]. The first-order valence-corrected chi connectivity index (χ1v) is 8.80. The van der Waals surface area contributed by atoms with Crippen LogP contribution in [0.25, 0.3) is 4.89 Å². The largest absolute Gasteiger partial charge is 1.00 e. The van der Waals surface area contributed by atoms with E-state index in [0.717, 1.165) is 24.3 Å². The van der Waals surface area contributed by atoms with Crippen LogP contribution in [-0.2, 0) is 26.6 Å².